The molecule has 2 heterocycles. The number of benzene rings is 1. The quantitative estimate of drug-likeness (QED) is 0.930. The van der Waals surface area contributed by atoms with Crippen LogP contribution in [0, 0.1) is 0 Å². The largest absolute Gasteiger partial charge is 0.371 e. The lowest BCUT2D eigenvalue weighted by Crippen LogP contribution is -2.42. The van der Waals surface area contributed by atoms with Gasteiger partial charge in [-0.15, -0.1) is 0 Å². The number of nitrogens with one attached hydrogen (secondary N) is 1. The standard InChI is InChI=1S/C16H19ClN4O2/c1-20-7-6-15(19-20)18-16(22)11-21-8-9-23-14(10-21)12-2-4-13(17)5-3-12/h2-7,14H,8-11H2,1H3,(H,18,19,22). The average molecular weight is 335 g/mol. The second kappa shape index (κ2) is 7.12. The SMILES string of the molecule is Cn1ccc(NC(=O)CN2CCOC(c3ccc(Cl)cc3)C2)n1. The molecule has 1 fully saturated rings. The molecular formula is C16H19ClN4O2. The van der Waals surface area contributed by atoms with E-state index in [0.717, 1.165) is 12.1 Å². The van der Waals surface area contributed by atoms with Gasteiger partial charge in [-0.1, -0.05) is 23.7 Å². The highest BCUT2D eigenvalue weighted by Crippen LogP contribution is 2.23. The number of carbonyl (C=O) groups excluding carboxylic acids is 1. The Morgan fingerprint density at radius 2 is 2.17 bits per heavy atom. The fourth-order valence-electron chi connectivity index (χ4n) is 2.59. The van der Waals surface area contributed by atoms with Crippen LogP contribution in [0.1, 0.15) is 11.7 Å². The lowest BCUT2D eigenvalue weighted by molar-refractivity contribution is -0.119. The van der Waals surface area contributed by atoms with E-state index in [0.29, 0.717) is 30.5 Å². The Balaban J connectivity index is 1.55. The Bertz CT molecular complexity index is 671. The fraction of sp³-hybridized carbons (Fsp3) is 0.375. The van der Waals surface area contributed by atoms with Crippen LogP contribution in [0.4, 0.5) is 5.82 Å². The van der Waals surface area contributed by atoms with E-state index in [-0.39, 0.29) is 12.0 Å². The Morgan fingerprint density at radius 3 is 2.87 bits per heavy atom. The minimum atomic E-state index is -0.0690. The average Bonchev–Trinajstić information content (AvgIpc) is 2.93. The highest BCUT2D eigenvalue weighted by molar-refractivity contribution is 6.30. The first-order chi connectivity index (χ1) is 11.1. The second-order valence-corrected chi connectivity index (χ2v) is 6.01. The van der Waals surface area contributed by atoms with E-state index in [1.165, 1.54) is 0 Å². The van der Waals surface area contributed by atoms with Crippen molar-refractivity contribution in [2.45, 2.75) is 6.10 Å². The number of aromatic nitrogens is 2. The van der Waals surface area contributed by atoms with Crippen molar-refractivity contribution in [2.24, 2.45) is 7.05 Å². The van der Waals surface area contributed by atoms with Crippen molar-refractivity contribution < 1.29 is 9.53 Å². The number of carbonyl (C=O) groups is 1. The number of hydrogen-bond acceptors (Lipinski definition) is 4. The molecule has 1 saturated heterocycles. The Hall–Kier alpha value is -1.89. The van der Waals surface area contributed by atoms with E-state index >= 15 is 0 Å². The van der Waals surface area contributed by atoms with Crippen molar-refractivity contribution in [3.05, 3.63) is 47.1 Å². The normalized spacial score (nSPS) is 18.8. The Morgan fingerprint density at radius 1 is 1.39 bits per heavy atom. The fourth-order valence-corrected chi connectivity index (χ4v) is 2.72. The summed E-state index contributed by atoms with van der Waals surface area (Å²) in [4.78, 5) is 14.2. The molecule has 0 saturated carbocycles. The molecule has 7 heteroatoms. The zero-order chi connectivity index (χ0) is 16.2. The maximum Gasteiger partial charge on any atom is 0.239 e. The number of ether oxygens (including phenoxy) is 1. The van der Waals surface area contributed by atoms with Crippen molar-refractivity contribution in [1.82, 2.24) is 14.7 Å². The molecule has 1 N–H and O–H groups in total. The van der Waals surface area contributed by atoms with Crippen molar-refractivity contribution in [2.75, 3.05) is 31.6 Å². The van der Waals surface area contributed by atoms with Crippen molar-refractivity contribution in [3.63, 3.8) is 0 Å². The third-order valence-corrected chi connectivity index (χ3v) is 3.99. The Labute approximate surface area is 140 Å². The van der Waals surface area contributed by atoms with Gasteiger partial charge in [0.05, 0.1) is 19.3 Å². The first-order valence-corrected chi connectivity index (χ1v) is 7.87. The van der Waals surface area contributed by atoms with Crippen LogP contribution in [-0.4, -0.2) is 46.8 Å². The van der Waals surface area contributed by atoms with Gasteiger partial charge < -0.3 is 10.1 Å². The topological polar surface area (TPSA) is 59.4 Å². The van der Waals surface area contributed by atoms with Gasteiger partial charge in [-0.2, -0.15) is 5.10 Å². The molecule has 1 aliphatic rings. The third kappa shape index (κ3) is 4.31. The van der Waals surface area contributed by atoms with E-state index in [1.807, 2.05) is 31.3 Å². The van der Waals surface area contributed by atoms with E-state index in [2.05, 4.69) is 15.3 Å². The molecule has 1 unspecified atom stereocenters. The first kappa shape index (κ1) is 16.0. The molecule has 1 atom stereocenters. The summed E-state index contributed by atoms with van der Waals surface area (Å²) in [6.45, 7) is 2.34. The minimum Gasteiger partial charge on any atom is -0.371 e. The van der Waals surface area contributed by atoms with Crippen LogP contribution in [0.2, 0.25) is 5.02 Å². The molecule has 6 nitrogen and oxygen atoms in total. The molecule has 1 amide bonds. The molecule has 1 aromatic carbocycles. The van der Waals surface area contributed by atoms with Crippen LogP contribution in [0.15, 0.2) is 36.5 Å². The molecular weight excluding hydrogens is 316 g/mol. The van der Waals surface area contributed by atoms with Crippen molar-refractivity contribution in [3.8, 4) is 0 Å². The zero-order valence-corrected chi connectivity index (χ0v) is 13.7. The number of aryl methyl sites for hydroxylation is 1. The molecule has 0 spiro atoms. The lowest BCUT2D eigenvalue weighted by atomic mass is 10.1. The summed E-state index contributed by atoms with van der Waals surface area (Å²) in [6, 6.07) is 9.41. The molecule has 1 aliphatic heterocycles. The van der Waals surface area contributed by atoms with Gasteiger partial charge in [0.1, 0.15) is 0 Å². The number of anilines is 1. The molecule has 1 aromatic heterocycles. The Kier molecular flexibility index (Phi) is 4.95. The van der Waals surface area contributed by atoms with Crippen molar-refractivity contribution in [1.29, 1.82) is 0 Å². The highest BCUT2D eigenvalue weighted by Gasteiger charge is 2.23. The second-order valence-electron chi connectivity index (χ2n) is 5.57. The van der Waals surface area contributed by atoms with E-state index in [1.54, 1.807) is 16.9 Å². The summed E-state index contributed by atoms with van der Waals surface area (Å²) in [5.74, 6) is 0.500. The summed E-state index contributed by atoms with van der Waals surface area (Å²) in [7, 11) is 1.81. The highest BCUT2D eigenvalue weighted by atomic mass is 35.5. The van der Waals surface area contributed by atoms with Gasteiger partial charge in [-0.05, 0) is 17.7 Å². The predicted octanol–water partition coefficient (Wildman–Crippen LogP) is 2.09. The number of amides is 1. The molecule has 0 radical (unpaired) electrons. The van der Waals surface area contributed by atoms with Gasteiger partial charge >= 0.3 is 0 Å². The summed E-state index contributed by atoms with van der Waals surface area (Å²) < 4.78 is 7.46. The monoisotopic (exact) mass is 334 g/mol. The van der Waals surface area contributed by atoms with Gasteiger partial charge in [0, 0.05) is 37.4 Å². The maximum absolute atomic E-state index is 12.1. The van der Waals surface area contributed by atoms with Gasteiger partial charge in [-0.3, -0.25) is 14.4 Å². The number of rotatable bonds is 4. The summed E-state index contributed by atoms with van der Waals surface area (Å²) in [5.41, 5.74) is 1.07. The van der Waals surface area contributed by atoms with Gasteiger partial charge in [0.2, 0.25) is 5.91 Å². The number of hydrogen-bond donors (Lipinski definition) is 1. The molecule has 2 aromatic rings. The van der Waals surface area contributed by atoms with Gasteiger partial charge in [0.25, 0.3) is 0 Å². The van der Waals surface area contributed by atoms with E-state index in [9.17, 15) is 4.79 Å². The molecule has 122 valence electrons. The summed E-state index contributed by atoms with van der Waals surface area (Å²) in [5, 5.41) is 7.65. The molecule has 3 rings (SSSR count). The maximum atomic E-state index is 12.1. The third-order valence-electron chi connectivity index (χ3n) is 3.74. The number of morpholine rings is 1. The van der Waals surface area contributed by atoms with Crippen LogP contribution in [0.25, 0.3) is 0 Å². The zero-order valence-electron chi connectivity index (χ0n) is 12.9. The minimum absolute atomic E-state index is 0.0383. The number of nitrogens with zero attached hydrogens (tertiary/aromatic N) is 3. The summed E-state index contributed by atoms with van der Waals surface area (Å²) in [6.07, 6.45) is 1.75. The summed E-state index contributed by atoms with van der Waals surface area (Å²) >= 11 is 5.92. The lowest BCUT2D eigenvalue weighted by Gasteiger charge is -2.32. The van der Waals surface area contributed by atoms with Crippen LogP contribution in [0.3, 0.4) is 0 Å². The molecule has 23 heavy (non-hydrogen) atoms. The van der Waals surface area contributed by atoms with Crippen LogP contribution < -0.4 is 5.32 Å². The predicted molar refractivity (Wildman–Crippen MR) is 88.4 cm³/mol. The molecule has 0 bridgehead atoms. The van der Waals surface area contributed by atoms with Crippen molar-refractivity contribution >= 4 is 23.3 Å². The van der Waals surface area contributed by atoms with E-state index in [4.69, 9.17) is 16.3 Å². The van der Waals surface area contributed by atoms with Crippen LogP contribution in [-0.2, 0) is 16.6 Å². The van der Waals surface area contributed by atoms with Crippen LogP contribution >= 0.6 is 11.6 Å². The van der Waals surface area contributed by atoms with Gasteiger partial charge in [-0.25, -0.2) is 0 Å². The van der Waals surface area contributed by atoms with E-state index < -0.39 is 0 Å². The van der Waals surface area contributed by atoms with Crippen LogP contribution in [0.5, 0.6) is 0 Å². The van der Waals surface area contributed by atoms with Gasteiger partial charge in [0.15, 0.2) is 5.82 Å². The number of halogens is 1. The smallest absolute Gasteiger partial charge is 0.239 e. The first-order valence-electron chi connectivity index (χ1n) is 7.49. The molecule has 0 aliphatic carbocycles.